The Hall–Kier alpha value is -1.21. The number of ether oxygens (including phenoxy) is 1. The Morgan fingerprint density at radius 1 is 1.38 bits per heavy atom. The maximum absolute atomic E-state index is 14.2. The molecule has 0 spiro atoms. The summed E-state index contributed by atoms with van der Waals surface area (Å²) in [6.07, 6.45) is 0.408. The van der Waals surface area contributed by atoms with Gasteiger partial charge in [0.05, 0.1) is 18.6 Å². The first kappa shape index (κ1) is 16.2. The number of nitrogens with one attached hydrogen (secondary N) is 1. The largest absolute Gasteiger partial charge is 0.497 e. The van der Waals surface area contributed by atoms with Crippen molar-refractivity contribution in [1.82, 2.24) is 5.32 Å². The van der Waals surface area contributed by atoms with Crippen LogP contribution in [0.3, 0.4) is 0 Å². The SMILES string of the molecule is CCNC(c1c(F)cc(OC)cc1F)C1CCS(=O)(=O)C1. The van der Waals surface area contributed by atoms with Gasteiger partial charge in [0.1, 0.15) is 17.4 Å². The van der Waals surface area contributed by atoms with Gasteiger partial charge < -0.3 is 10.1 Å². The van der Waals surface area contributed by atoms with Gasteiger partial charge >= 0.3 is 0 Å². The Balaban J connectivity index is 2.39. The summed E-state index contributed by atoms with van der Waals surface area (Å²) < 4.78 is 56.5. The van der Waals surface area contributed by atoms with Gasteiger partial charge in [-0.2, -0.15) is 0 Å². The second-order valence-electron chi connectivity index (χ2n) is 5.20. The number of rotatable bonds is 5. The molecule has 2 unspecified atom stereocenters. The summed E-state index contributed by atoms with van der Waals surface area (Å²) in [5.41, 5.74) is -0.111. The van der Waals surface area contributed by atoms with Crippen LogP contribution < -0.4 is 10.1 Å². The fourth-order valence-corrected chi connectivity index (χ4v) is 4.63. The van der Waals surface area contributed by atoms with Crippen LogP contribution in [0.4, 0.5) is 8.78 Å². The van der Waals surface area contributed by atoms with Crippen LogP contribution in [0.25, 0.3) is 0 Å². The molecule has 4 nitrogen and oxygen atoms in total. The zero-order valence-electron chi connectivity index (χ0n) is 12.0. The lowest BCUT2D eigenvalue weighted by Gasteiger charge is -2.25. The molecule has 0 amide bonds. The van der Waals surface area contributed by atoms with Crippen LogP contribution in [-0.2, 0) is 9.84 Å². The molecule has 1 aliphatic heterocycles. The van der Waals surface area contributed by atoms with Crippen molar-refractivity contribution < 1.29 is 21.9 Å². The first-order valence-electron chi connectivity index (χ1n) is 6.84. The van der Waals surface area contributed by atoms with Gasteiger partial charge in [0.2, 0.25) is 0 Å². The van der Waals surface area contributed by atoms with Crippen molar-refractivity contribution in [2.75, 3.05) is 25.2 Å². The Morgan fingerprint density at radius 3 is 2.43 bits per heavy atom. The van der Waals surface area contributed by atoms with Crippen molar-refractivity contribution in [2.45, 2.75) is 19.4 Å². The monoisotopic (exact) mass is 319 g/mol. The van der Waals surface area contributed by atoms with Gasteiger partial charge in [-0.05, 0) is 18.9 Å². The molecule has 0 aromatic heterocycles. The number of halogens is 2. The molecule has 21 heavy (non-hydrogen) atoms. The van der Waals surface area contributed by atoms with Crippen molar-refractivity contribution in [3.8, 4) is 5.75 Å². The first-order chi connectivity index (χ1) is 9.88. The molecule has 1 aliphatic rings. The van der Waals surface area contributed by atoms with Crippen molar-refractivity contribution in [3.63, 3.8) is 0 Å². The van der Waals surface area contributed by atoms with E-state index in [1.54, 1.807) is 0 Å². The standard InChI is InChI=1S/C14H19F2NO3S/c1-3-17-14(9-4-5-21(18,19)8-9)13-11(15)6-10(20-2)7-12(13)16/h6-7,9,14,17H,3-5,8H2,1-2H3. The van der Waals surface area contributed by atoms with E-state index < -0.39 is 27.5 Å². The van der Waals surface area contributed by atoms with E-state index in [4.69, 9.17) is 4.74 Å². The lowest BCUT2D eigenvalue weighted by atomic mass is 9.91. The Labute approximate surface area is 123 Å². The van der Waals surface area contributed by atoms with Gasteiger partial charge in [0.15, 0.2) is 9.84 Å². The highest BCUT2D eigenvalue weighted by molar-refractivity contribution is 7.91. The zero-order chi connectivity index (χ0) is 15.6. The molecule has 0 radical (unpaired) electrons. The third kappa shape index (κ3) is 3.52. The normalized spacial score (nSPS) is 22.2. The fourth-order valence-electron chi connectivity index (χ4n) is 2.79. The summed E-state index contributed by atoms with van der Waals surface area (Å²) in [6.45, 7) is 2.31. The van der Waals surface area contributed by atoms with Crippen molar-refractivity contribution in [2.24, 2.45) is 5.92 Å². The molecule has 1 saturated heterocycles. The van der Waals surface area contributed by atoms with Crippen LogP contribution in [-0.4, -0.2) is 33.6 Å². The predicted octanol–water partition coefficient (Wildman–Crippen LogP) is 2.06. The van der Waals surface area contributed by atoms with Crippen LogP contribution in [0.15, 0.2) is 12.1 Å². The quantitative estimate of drug-likeness (QED) is 0.902. The third-order valence-electron chi connectivity index (χ3n) is 3.76. The average Bonchev–Trinajstić information content (AvgIpc) is 2.77. The Bertz CT molecular complexity index is 596. The van der Waals surface area contributed by atoms with E-state index in [0.29, 0.717) is 13.0 Å². The van der Waals surface area contributed by atoms with Gasteiger partial charge in [0, 0.05) is 23.7 Å². The summed E-state index contributed by atoms with van der Waals surface area (Å²) in [6, 6.07) is 1.58. The molecule has 0 saturated carbocycles. The summed E-state index contributed by atoms with van der Waals surface area (Å²) in [5, 5.41) is 3.01. The van der Waals surface area contributed by atoms with Crippen LogP contribution in [0.2, 0.25) is 0 Å². The second kappa shape index (κ2) is 6.27. The topological polar surface area (TPSA) is 55.4 Å². The minimum absolute atomic E-state index is 0.0461. The van der Waals surface area contributed by atoms with Gasteiger partial charge in [-0.15, -0.1) is 0 Å². The van der Waals surface area contributed by atoms with Gasteiger partial charge in [-0.1, -0.05) is 6.92 Å². The van der Waals surface area contributed by atoms with E-state index in [-0.39, 0.29) is 28.7 Å². The number of hydrogen-bond donors (Lipinski definition) is 1. The van der Waals surface area contributed by atoms with Crippen molar-refractivity contribution in [3.05, 3.63) is 29.3 Å². The molecule has 1 aromatic rings. The Morgan fingerprint density at radius 2 is 2.00 bits per heavy atom. The lowest BCUT2D eigenvalue weighted by molar-refractivity contribution is 0.364. The van der Waals surface area contributed by atoms with E-state index in [9.17, 15) is 17.2 Å². The zero-order valence-corrected chi connectivity index (χ0v) is 12.8. The lowest BCUT2D eigenvalue weighted by Crippen LogP contribution is -2.30. The third-order valence-corrected chi connectivity index (χ3v) is 5.56. The average molecular weight is 319 g/mol. The van der Waals surface area contributed by atoms with Gasteiger partial charge in [-0.3, -0.25) is 0 Å². The summed E-state index contributed by atoms with van der Waals surface area (Å²) in [7, 11) is -1.78. The molecule has 1 aromatic carbocycles. The van der Waals surface area contributed by atoms with E-state index in [2.05, 4.69) is 5.32 Å². The molecule has 0 bridgehead atoms. The maximum Gasteiger partial charge on any atom is 0.150 e. The highest BCUT2D eigenvalue weighted by Gasteiger charge is 2.36. The van der Waals surface area contributed by atoms with Gasteiger partial charge in [-0.25, -0.2) is 17.2 Å². The molecule has 1 heterocycles. The molecule has 1 fully saturated rings. The number of methoxy groups -OCH3 is 1. The maximum atomic E-state index is 14.2. The summed E-state index contributed by atoms with van der Waals surface area (Å²) in [5.74, 6) is -1.64. The second-order valence-corrected chi connectivity index (χ2v) is 7.43. The van der Waals surface area contributed by atoms with Crippen LogP contribution in [0, 0.1) is 17.6 Å². The highest BCUT2D eigenvalue weighted by atomic mass is 32.2. The van der Waals surface area contributed by atoms with Gasteiger partial charge in [0.25, 0.3) is 0 Å². The van der Waals surface area contributed by atoms with E-state index in [1.165, 1.54) is 7.11 Å². The van der Waals surface area contributed by atoms with Crippen LogP contribution >= 0.6 is 0 Å². The fraction of sp³-hybridized carbons (Fsp3) is 0.571. The van der Waals surface area contributed by atoms with Crippen molar-refractivity contribution >= 4 is 9.84 Å². The molecule has 2 rings (SSSR count). The van der Waals surface area contributed by atoms with E-state index in [1.807, 2.05) is 6.92 Å². The van der Waals surface area contributed by atoms with Crippen molar-refractivity contribution in [1.29, 1.82) is 0 Å². The van der Waals surface area contributed by atoms with E-state index in [0.717, 1.165) is 12.1 Å². The summed E-state index contributed by atoms with van der Waals surface area (Å²) in [4.78, 5) is 0. The molecule has 1 N–H and O–H groups in total. The van der Waals surface area contributed by atoms with E-state index >= 15 is 0 Å². The molecular weight excluding hydrogens is 300 g/mol. The number of hydrogen-bond acceptors (Lipinski definition) is 4. The minimum Gasteiger partial charge on any atom is -0.497 e. The summed E-state index contributed by atoms with van der Waals surface area (Å²) >= 11 is 0. The highest BCUT2D eigenvalue weighted by Crippen LogP contribution is 2.35. The van der Waals surface area contributed by atoms with Crippen LogP contribution in [0.1, 0.15) is 24.9 Å². The minimum atomic E-state index is -3.11. The number of sulfone groups is 1. The molecule has 118 valence electrons. The molecule has 0 aliphatic carbocycles. The predicted molar refractivity (Wildman–Crippen MR) is 76.1 cm³/mol. The van der Waals surface area contributed by atoms with Crippen LogP contribution in [0.5, 0.6) is 5.75 Å². The molecule has 2 atom stereocenters. The number of benzene rings is 1. The smallest absolute Gasteiger partial charge is 0.150 e. The Kier molecular flexibility index (Phi) is 4.83. The molecule has 7 heteroatoms. The first-order valence-corrected chi connectivity index (χ1v) is 8.66. The molecular formula is C14H19F2NO3S.